The molecule has 0 bridgehead atoms. The number of alkyl halides is 1. The molecule has 1 aromatic carbocycles. The van der Waals surface area contributed by atoms with E-state index in [2.05, 4.69) is 71.7 Å². The van der Waals surface area contributed by atoms with Crippen molar-refractivity contribution in [3.63, 3.8) is 0 Å². The van der Waals surface area contributed by atoms with Gasteiger partial charge < -0.3 is 4.57 Å². The summed E-state index contributed by atoms with van der Waals surface area (Å²) in [7, 11) is 0. The molecule has 1 aliphatic rings. The summed E-state index contributed by atoms with van der Waals surface area (Å²) >= 11 is 7.03. The predicted octanol–water partition coefficient (Wildman–Crippen LogP) is 4.25. The Morgan fingerprint density at radius 3 is 2.67 bits per heavy atom. The van der Waals surface area contributed by atoms with Gasteiger partial charge in [0.25, 0.3) is 0 Å². The third-order valence-electron chi connectivity index (χ3n) is 3.10. The molecule has 0 N–H and O–H groups in total. The van der Waals surface area contributed by atoms with Crippen molar-refractivity contribution in [3.05, 3.63) is 34.1 Å². The van der Waals surface area contributed by atoms with Gasteiger partial charge in [0.15, 0.2) is 5.82 Å². The van der Waals surface area contributed by atoms with E-state index < -0.39 is 0 Å². The van der Waals surface area contributed by atoms with E-state index >= 15 is 0 Å². The van der Waals surface area contributed by atoms with Gasteiger partial charge in [-0.05, 0) is 43.5 Å². The molecule has 1 aromatic heterocycles. The lowest BCUT2D eigenvalue weighted by Crippen LogP contribution is -2.01. The predicted molar refractivity (Wildman–Crippen MR) is 78.8 cm³/mol. The molecule has 18 heavy (non-hydrogen) atoms. The van der Waals surface area contributed by atoms with Crippen molar-refractivity contribution in [2.45, 2.75) is 31.1 Å². The summed E-state index contributed by atoms with van der Waals surface area (Å²) in [5.41, 5.74) is 2.36. The van der Waals surface area contributed by atoms with Gasteiger partial charge in [-0.2, -0.15) is 0 Å². The first kappa shape index (κ1) is 12.4. The highest BCUT2D eigenvalue weighted by Gasteiger charge is 2.29. The summed E-state index contributed by atoms with van der Waals surface area (Å²) in [5, 5.41) is 9.40. The quantitative estimate of drug-likeness (QED) is 0.756. The summed E-state index contributed by atoms with van der Waals surface area (Å²) in [6.07, 6.45) is 2.47. The normalized spacial score (nSPS) is 15.1. The Morgan fingerprint density at radius 1 is 1.28 bits per heavy atom. The van der Waals surface area contributed by atoms with Crippen LogP contribution < -0.4 is 0 Å². The Bertz CT molecular complexity index is 568. The van der Waals surface area contributed by atoms with Gasteiger partial charge in [0.05, 0.1) is 5.33 Å². The van der Waals surface area contributed by atoms with Crippen LogP contribution in [0, 0.1) is 6.92 Å². The number of halogens is 2. The molecule has 0 saturated heterocycles. The van der Waals surface area contributed by atoms with E-state index in [9.17, 15) is 0 Å². The maximum Gasteiger partial charge on any atom is 0.164 e. The molecule has 3 nitrogen and oxygen atoms in total. The number of hydrogen-bond acceptors (Lipinski definition) is 2. The lowest BCUT2D eigenvalue weighted by Gasteiger charge is -2.08. The highest BCUT2D eigenvalue weighted by Crippen LogP contribution is 2.39. The van der Waals surface area contributed by atoms with Gasteiger partial charge in [-0.1, -0.05) is 31.9 Å². The van der Waals surface area contributed by atoms with Crippen molar-refractivity contribution in [2.75, 3.05) is 0 Å². The number of aryl methyl sites for hydroxylation is 1. The first-order valence-corrected chi connectivity index (χ1v) is 7.88. The summed E-state index contributed by atoms with van der Waals surface area (Å²) in [6, 6.07) is 6.95. The minimum absolute atomic E-state index is 0.585. The van der Waals surface area contributed by atoms with E-state index in [1.54, 1.807) is 0 Å². The van der Waals surface area contributed by atoms with E-state index in [0.717, 1.165) is 27.0 Å². The number of nitrogens with zero attached hydrogens (tertiary/aromatic N) is 3. The first-order chi connectivity index (χ1) is 8.69. The maximum absolute atomic E-state index is 4.36. The molecule has 3 rings (SSSR count). The highest BCUT2D eigenvalue weighted by atomic mass is 79.9. The lowest BCUT2D eigenvalue weighted by molar-refractivity contribution is 0.714. The smallest absolute Gasteiger partial charge is 0.164 e. The summed E-state index contributed by atoms with van der Waals surface area (Å²) in [4.78, 5) is 0. The fourth-order valence-corrected chi connectivity index (χ4v) is 3.18. The topological polar surface area (TPSA) is 30.7 Å². The van der Waals surface area contributed by atoms with Crippen molar-refractivity contribution in [1.29, 1.82) is 0 Å². The van der Waals surface area contributed by atoms with Crippen LogP contribution in [-0.4, -0.2) is 14.8 Å². The minimum Gasteiger partial charge on any atom is -0.307 e. The van der Waals surface area contributed by atoms with Crippen molar-refractivity contribution in [3.8, 4) is 11.4 Å². The Hall–Kier alpha value is -0.680. The molecule has 1 heterocycles. The van der Waals surface area contributed by atoms with E-state index in [1.165, 1.54) is 18.4 Å². The first-order valence-electron chi connectivity index (χ1n) is 5.96. The average Bonchev–Trinajstić information content (AvgIpc) is 3.07. The van der Waals surface area contributed by atoms with Crippen LogP contribution in [0.3, 0.4) is 0 Å². The highest BCUT2D eigenvalue weighted by molar-refractivity contribution is 9.10. The van der Waals surface area contributed by atoms with Crippen LogP contribution in [-0.2, 0) is 5.33 Å². The molecule has 1 fully saturated rings. The zero-order chi connectivity index (χ0) is 12.7. The van der Waals surface area contributed by atoms with Gasteiger partial charge in [0.2, 0.25) is 0 Å². The lowest BCUT2D eigenvalue weighted by atomic mass is 10.1. The molecule has 0 radical (unpaired) electrons. The van der Waals surface area contributed by atoms with Crippen LogP contribution >= 0.6 is 31.9 Å². The van der Waals surface area contributed by atoms with Crippen molar-refractivity contribution < 1.29 is 0 Å². The molecule has 2 aromatic rings. The molecule has 0 unspecified atom stereocenters. The molecule has 0 spiro atoms. The van der Waals surface area contributed by atoms with Crippen LogP contribution in [0.2, 0.25) is 0 Å². The summed E-state index contributed by atoms with van der Waals surface area (Å²) in [6.45, 7) is 2.09. The second-order valence-corrected chi connectivity index (χ2v) is 6.17. The van der Waals surface area contributed by atoms with Gasteiger partial charge in [-0.25, -0.2) is 0 Å². The van der Waals surface area contributed by atoms with E-state index in [-0.39, 0.29) is 0 Å². The Labute approximate surface area is 123 Å². The number of rotatable bonds is 3. The molecule has 1 saturated carbocycles. The van der Waals surface area contributed by atoms with Crippen LogP contribution in [0.5, 0.6) is 0 Å². The number of hydrogen-bond donors (Lipinski definition) is 0. The Kier molecular flexibility index (Phi) is 3.28. The van der Waals surface area contributed by atoms with E-state index in [4.69, 9.17) is 0 Å². The zero-order valence-electron chi connectivity index (χ0n) is 10.0. The van der Waals surface area contributed by atoms with Crippen molar-refractivity contribution >= 4 is 31.9 Å². The maximum atomic E-state index is 4.36. The van der Waals surface area contributed by atoms with Crippen molar-refractivity contribution in [2.24, 2.45) is 0 Å². The van der Waals surface area contributed by atoms with Crippen LogP contribution in [0.4, 0.5) is 0 Å². The molecule has 0 amide bonds. The third-order valence-corrected chi connectivity index (χ3v) is 4.06. The SMILES string of the molecule is Cc1cc(Br)cc(-c2nnc(CBr)n2C2CC2)c1. The third kappa shape index (κ3) is 2.26. The van der Waals surface area contributed by atoms with Gasteiger partial charge in [0.1, 0.15) is 5.82 Å². The largest absolute Gasteiger partial charge is 0.307 e. The summed E-state index contributed by atoms with van der Waals surface area (Å²) < 4.78 is 3.36. The zero-order valence-corrected chi connectivity index (χ0v) is 13.2. The number of aromatic nitrogens is 3. The van der Waals surface area contributed by atoms with E-state index in [0.29, 0.717) is 6.04 Å². The van der Waals surface area contributed by atoms with Gasteiger partial charge in [-0.15, -0.1) is 10.2 Å². The molecular formula is C13H13Br2N3. The Morgan fingerprint density at radius 2 is 2.06 bits per heavy atom. The van der Waals surface area contributed by atoms with Crippen LogP contribution in [0.25, 0.3) is 11.4 Å². The van der Waals surface area contributed by atoms with Gasteiger partial charge in [-0.3, -0.25) is 0 Å². The van der Waals surface area contributed by atoms with Crippen LogP contribution in [0.15, 0.2) is 22.7 Å². The standard InChI is InChI=1S/C13H13Br2N3/c1-8-4-9(6-10(15)5-8)13-17-16-12(7-14)18(13)11-2-3-11/h4-6,11H,2-3,7H2,1H3. The summed E-state index contributed by atoms with van der Waals surface area (Å²) in [5.74, 6) is 2.00. The number of benzene rings is 1. The molecular weight excluding hydrogens is 358 g/mol. The fraction of sp³-hybridized carbons (Fsp3) is 0.385. The fourth-order valence-electron chi connectivity index (χ4n) is 2.19. The van der Waals surface area contributed by atoms with Crippen molar-refractivity contribution in [1.82, 2.24) is 14.8 Å². The molecule has 1 aliphatic carbocycles. The second-order valence-electron chi connectivity index (χ2n) is 4.69. The minimum atomic E-state index is 0.585. The van der Waals surface area contributed by atoms with Gasteiger partial charge >= 0.3 is 0 Å². The molecule has 94 valence electrons. The average molecular weight is 371 g/mol. The van der Waals surface area contributed by atoms with E-state index in [1.807, 2.05) is 0 Å². The molecule has 0 atom stereocenters. The second kappa shape index (κ2) is 4.78. The van der Waals surface area contributed by atoms with Crippen LogP contribution in [0.1, 0.15) is 30.3 Å². The Balaban J connectivity index is 2.13. The molecule has 5 heteroatoms. The monoisotopic (exact) mass is 369 g/mol. The molecule has 0 aliphatic heterocycles. The van der Waals surface area contributed by atoms with Gasteiger partial charge in [0, 0.05) is 16.1 Å².